The largest absolute Gasteiger partial charge is 0.298 e. The van der Waals surface area contributed by atoms with Gasteiger partial charge in [-0.1, -0.05) is 48.5 Å². The number of fused-ring (bicyclic) bond motifs is 2. The lowest BCUT2D eigenvalue weighted by Gasteiger charge is -2.30. The van der Waals surface area contributed by atoms with Crippen LogP contribution in [0.4, 0.5) is 5.13 Å². The molecule has 4 aromatic rings. The molecule has 0 spiro atoms. The molecule has 2 aromatic heterocycles. The van der Waals surface area contributed by atoms with Gasteiger partial charge < -0.3 is 0 Å². The predicted molar refractivity (Wildman–Crippen MR) is 116 cm³/mol. The molecule has 0 fully saturated rings. The van der Waals surface area contributed by atoms with Gasteiger partial charge in [-0.15, -0.1) is 11.3 Å². The van der Waals surface area contributed by atoms with Gasteiger partial charge in [0.25, 0.3) is 5.91 Å². The van der Waals surface area contributed by atoms with Gasteiger partial charge in [0, 0.05) is 54.3 Å². The minimum atomic E-state index is -0.114. The number of aromatic nitrogens is 2. The van der Waals surface area contributed by atoms with Crippen LogP contribution in [0.1, 0.15) is 27.2 Å². The molecule has 0 atom stereocenters. The summed E-state index contributed by atoms with van der Waals surface area (Å²) in [6.07, 6.45) is 2.53. The molecule has 1 amide bonds. The molecule has 0 aliphatic carbocycles. The summed E-state index contributed by atoms with van der Waals surface area (Å²) in [4.78, 5) is 24.7. The number of hydrogen-bond acceptors (Lipinski definition) is 5. The Hall–Kier alpha value is -3.09. The number of benzene rings is 2. The molecule has 0 unspecified atom stereocenters. The maximum atomic E-state index is 13.3. The van der Waals surface area contributed by atoms with Crippen LogP contribution in [0.15, 0.2) is 66.2 Å². The Labute approximate surface area is 173 Å². The summed E-state index contributed by atoms with van der Waals surface area (Å²) >= 11 is 1.42. The maximum absolute atomic E-state index is 13.3. The molecule has 1 N–H and O–H groups in total. The Bertz CT molecular complexity index is 1160. The fourth-order valence-electron chi connectivity index (χ4n) is 3.93. The molecule has 0 radical (unpaired) electrons. The van der Waals surface area contributed by atoms with Crippen molar-refractivity contribution in [3.63, 3.8) is 0 Å². The van der Waals surface area contributed by atoms with Crippen LogP contribution in [-0.4, -0.2) is 27.3 Å². The van der Waals surface area contributed by atoms with E-state index < -0.39 is 0 Å². The SMILES string of the molecule is O=C(Nc1nccs1)c1c2c(nc3ccccc13)CCN(Cc1ccccc1)C2. The number of pyridine rings is 1. The molecule has 1 aliphatic rings. The molecule has 2 aromatic carbocycles. The highest BCUT2D eigenvalue weighted by Gasteiger charge is 2.26. The molecule has 6 heteroatoms. The highest BCUT2D eigenvalue weighted by atomic mass is 32.1. The number of anilines is 1. The molecule has 29 heavy (non-hydrogen) atoms. The lowest BCUT2D eigenvalue weighted by atomic mass is 9.95. The number of nitrogens with zero attached hydrogens (tertiary/aromatic N) is 3. The van der Waals surface area contributed by atoms with E-state index in [-0.39, 0.29) is 5.91 Å². The fourth-order valence-corrected chi connectivity index (χ4v) is 4.45. The number of carbonyl (C=O) groups excluding carboxylic acids is 1. The van der Waals surface area contributed by atoms with Crippen molar-refractivity contribution in [2.75, 3.05) is 11.9 Å². The molecule has 0 saturated carbocycles. The van der Waals surface area contributed by atoms with Crippen LogP contribution < -0.4 is 5.32 Å². The first-order valence-corrected chi connectivity index (χ1v) is 10.5. The molecule has 5 rings (SSSR count). The van der Waals surface area contributed by atoms with E-state index in [0.717, 1.165) is 47.2 Å². The Morgan fingerprint density at radius 3 is 2.76 bits per heavy atom. The van der Waals surface area contributed by atoms with E-state index in [0.29, 0.717) is 11.7 Å². The van der Waals surface area contributed by atoms with Gasteiger partial charge in [-0.3, -0.25) is 20.0 Å². The lowest BCUT2D eigenvalue weighted by Crippen LogP contribution is -2.32. The molecule has 144 valence electrons. The summed E-state index contributed by atoms with van der Waals surface area (Å²) in [5.74, 6) is -0.114. The van der Waals surface area contributed by atoms with Gasteiger partial charge in [0.05, 0.1) is 11.1 Å². The van der Waals surface area contributed by atoms with Crippen LogP contribution in [-0.2, 0) is 19.5 Å². The number of hydrogen-bond donors (Lipinski definition) is 1. The zero-order chi connectivity index (χ0) is 19.6. The van der Waals surface area contributed by atoms with Crippen molar-refractivity contribution in [1.29, 1.82) is 0 Å². The zero-order valence-corrected chi connectivity index (χ0v) is 16.7. The summed E-state index contributed by atoms with van der Waals surface area (Å²) in [7, 11) is 0. The van der Waals surface area contributed by atoms with Crippen LogP contribution >= 0.6 is 11.3 Å². The van der Waals surface area contributed by atoms with E-state index in [1.54, 1.807) is 6.20 Å². The first-order valence-electron chi connectivity index (χ1n) is 9.65. The van der Waals surface area contributed by atoms with Crippen molar-refractivity contribution < 1.29 is 4.79 Å². The minimum absolute atomic E-state index is 0.114. The molecule has 3 heterocycles. The third-order valence-electron chi connectivity index (χ3n) is 5.25. The zero-order valence-electron chi connectivity index (χ0n) is 15.8. The standard InChI is InChI=1S/C23H20N4OS/c28-22(26-23-24-11-13-29-23)21-17-8-4-5-9-19(17)25-20-10-12-27(15-18(20)21)14-16-6-2-1-3-7-16/h1-9,11,13H,10,12,14-15H2,(H,24,26,28). The predicted octanol–water partition coefficient (Wildman–Crippen LogP) is 4.50. The van der Waals surface area contributed by atoms with E-state index in [1.807, 2.05) is 35.7 Å². The molecular weight excluding hydrogens is 380 g/mol. The van der Waals surface area contributed by atoms with Crippen molar-refractivity contribution in [2.45, 2.75) is 19.5 Å². The smallest absolute Gasteiger partial charge is 0.258 e. The quantitative estimate of drug-likeness (QED) is 0.548. The fraction of sp³-hybridized carbons (Fsp3) is 0.174. The average Bonchev–Trinajstić information content (AvgIpc) is 3.25. The van der Waals surface area contributed by atoms with Crippen LogP contribution in [0.5, 0.6) is 0 Å². The molecular formula is C23H20N4OS. The second-order valence-corrected chi connectivity index (χ2v) is 8.06. The van der Waals surface area contributed by atoms with Crippen molar-refractivity contribution in [3.05, 3.63) is 88.6 Å². The van der Waals surface area contributed by atoms with E-state index in [4.69, 9.17) is 4.98 Å². The number of carbonyl (C=O) groups is 1. The van der Waals surface area contributed by atoms with Crippen molar-refractivity contribution in [2.24, 2.45) is 0 Å². The maximum Gasteiger partial charge on any atom is 0.258 e. The van der Waals surface area contributed by atoms with Crippen molar-refractivity contribution >= 4 is 33.3 Å². The second-order valence-electron chi connectivity index (χ2n) is 7.17. The van der Waals surface area contributed by atoms with Gasteiger partial charge in [-0.05, 0) is 11.6 Å². The van der Waals surface area contributed by atoms with Gasteiger partial charge >= 0.3 is 0 Å². The number of amides is 1. The highest BCUT2D eigenvalue weighted by molar-refractivity contribution is 7.13. The Kier molecular flexibility index (Phi) is 4.79. The molecule has 1 aliphatic heterocycles. The van der Waals surface area contributed by atoms with Gasteiger partial charge in [0.15, 0.2) is 5.13 Å². The number of thiazole rings is 1. The van der Waals surface area contributed by atoms with Crippen molar-refractivity contribution in [3.8, 4) is 0 Å². The Morgan fingerprint density at radius 2 is 1.93 bits per heavy atom. The number of para-hydroxylation sites is 1. The van der Waals surface area contributed by atoms with Gasteiger partial charge in [0.2, 0.25) is 0 Å². The number of nitrogens with one attached hydrogen (secondary N) is 1. The molecule has 0 saturated heterocycles. The first kappa shape index (κ1) is 18.0. The van der Waals surface area contributed by atoms with E-state index >= 15 is 0 Å². The van der Waals surface area contributed by atoms with Gasteiger partial charge in [0.1, 0.15) is 0 Å². The second kappa shape index (κ2) is 7.73. The Balaban J connectivity index is 1.54. The van der Waals surface area contributed by atoms with Crippen LogP contribution in [0, 0.1) is 0 Å². The minimum Gasteiger partial charge on any atom is -0.298 e. The summed E-state index contributed by atoms with van der Waals surface area (Å²) in [6.45, 7) is 2.50. The van der Waals surface area contributed by atoms with E-state index in [1.165, 1.54) is 16.9 Å². The monoisotopic (exact) mass is 400 g/mol. The topological polar surface area (TPSA) is 58.1 Å². The van der Waals surface area contributed by atoms with Crippen LogP contribution in [0.3, 0.4) is 0 Å². The average molecular weight is 401 g/mol. The normalized spacial score (nSPS) is 13.9. The van der Waals surface area contributed by atoms with E-state index in [2.05, 4.69) is 39.5 Å². The Morgan fingerprint density at radius 1 is 1.10 bits per heavy atom. The molecule has 5 nitrogen and oxygen atoms in total. The lowest BCUT2D eigenvalue weighted by molar-refractivity contribution is 0.102. The van der Waals surface area contributed by atoms with Crippen LogP contribution in [0.25, 0.3) is 10.9 Å². The summed E-state index contributed by atoms with van der Waals surface area (Å²) in [5.41, 5.74) is 4.92. The summed E-state index contributed by atoms with van der Waals surface area (Å²) in [6, 6.07) is 18.3. The first-order chi connectivity index (χ1) is 14.3. The third-order valence-corrected chi connectivity index (χ3v) is 5.94. The van der Waals surface area contributed by atoms with Crippen molar-refractivity contribution in [1.82, 2.24) is 14.9 Å². The summed E-state index contributed by atoms with van der Waals surface area (Å²) < 4.78 is 0. The highest BCUT2D eigenvalue weighted by Crippen LogP contribution is 2.29. The van der Waals surface area contributed by atoms with Gasteiger partial charge in [-0.2, -0.15) is 0 Å². The van der Waals surface area contributed by atoms with Gasteiger partial charge in [-0.25, -0.2) is 4.98 Å². The van der Waals surface area contributed by atoms with E-state index in [9.17, 15) is 4.79 Å². The molecule has 0 bridgehead atoms. The summed E-state index contributed by atoms with van der Waals surface area (Å²) in [5, 5.41) is 6.33. The van der Waals surface area contributed by atoms with Crippen LogP contribution in [0.2, 0.25) is 0 Å². The number of rotatable bonds is 4. The third kappa shape index (κ3) is 3.64.